The lowest BCUT2D eigenvalue weighted by Crippen LogP contribution is -2.40. The topological polar surface area (TPSA) is 21.1 Å². The maximum absolute atomic E-state index is 4.63. The molecule has 0 N–H and O–H groups in total. The van der Waals surface area contributed by atoms with E-state index in [1.165, 1.54) is 31.4 Å². The fourth-order valence-corrected chi connectivity index (χ4v) is 3.68. The quantitative estimate of drug-likeness (QED) is 0.792. The molecule has 1 heterocycles. The minimum atomic E-state index is 0.447. The maximum Gasteiger partial charge on any atom is 0.0764 e. The van der Waals surface area contributed by atoms with Gasteiger partial charge in [0.25, 0.3) is 0 Å². The lowest BCUT2D eigenvalue weighted by molar-refractivity contribution is 0.190. The van der Waals surface area contributed by atoms with Crippen molar-refractivity contribution >= 4 is 15.9 Å². The normalized spacial score (nSPS) is 25.0. The van der Waals surface area contributed by atoms with E-state index < -0.39 is 0 Å². The molecule has 0 amide bonds. The largest absolute Gasteiger partial charge is 0.296 e. The molecule has 2 unspecified atom stereocenters. The summed E-state index contributed by atoms with van der Waals surface area (Å²) in [7, 11) is 2.22. The van der Waals surface area contributed by atoms with E-state index in [9.17, 15) is 0 Å². The monoisotopic (exact) mass is 313 g/mol. The van der Waals surface area contributed by atoms with Crippen molar-refractivity contribution in [3.8, 4) is 0 Å². The second-order valence-corrected chi connectivity index (χ2v) is 6.84. The predicted octanol–water partition coefficient (Wildman–Crippen LogP) is 3.60. The Labute approximate surface area is 119 Å². The van der Waals surface area contributed by atoms with E-state index in [0.717, 1.165) is 6.54 Å². The fraction of sp³-hybridized carbons (Fsp3) is 0.786. The van der Waals surface area contributed by atoms with E-state index >= 15 is 0 Å². The van der Waals surface area contributed by atoms with E-state index in [1.807, 2.05) is 4.68 Å². The molecule has 1 aromatic rings. The van der Waals surface area contributed by atoms with Gasteiger partial charge in [-0.1, -0.05) is 28.8 Å². The number of halogens is 1. The van der Waals surface area contributed by atoms with Gasteiger partial charge in [0.1, 0.15) is 0 Å². The van der Waals surface area contributed by atoms with Gasteiger partial charge in [-0.3, -0.25) is 9.58 Å². The van der Waals surface area contributed by atoms with Gasteiger partial charge in [0, 0.05) is 29.7 Å². The van der Waals surface area contributed by atoms with E-state index in [-0.39, 0.29) is 0 Å². The van der Waals surface area contributed by atoms with Crippen LogP contribution in [0.3, 0.4) is 0 Å². The maximum atomic E-state index is 4.63. The smallest absolute Gasteiger partial charge is 0.0764 e. The minimum absolute atomic E-state index is 0.447. The van der Waals surface area contributed by atoms with Crippen LogP contribution in [0.15, 0.2) is 12.3 Å². The van der Waals surface area contributed by atoms with Gasteiger partial charge in [0.2, 0.25) is 0 Å². The van der Waals surface area contributed by atoms with E-state index in [1.54, 1.807) is 0 Å². The summed E-state index contributed by atoms with van der Waals surface area (Å²) in [5, 5.41) is 4.63. The molecule has 0 aromatic carbocycles. The molecule has 0 saturated heterocycles. The van der Waals surface area contributed by atoms with Crippen LogP contribution in [0, 0.1) is 0 Å². The molecule has 2 atom stereocenters. The van der Waals surface area contributed by atoms with Gasteiger partial charge in [0.15, 0.2) is 0 Å². The van der Waals surface area contributed by atoms with Gasteiger partial charge in [-0.25, -0.2) is 0 Å². The molecular weight excluding hydrogens is 290 g/mol. The first-order chi connectivity index (χ1) is 8.58. The van der Waals surface area contributed by atoms with Gasteiger partial charge in [-0.2, -0.15) is 5.10 Å². The van der Waals surface area contributed by atoms with Crippen LogP contribution in [0.4, 0.5) is 0 Å². The summed E-state index contributed by atoms with van der Waals surface area (Å²) >= 11 is 3.83. The van der Waals surface area contributed by atoms with Crippen LogP contribution in [-0.4, -0.2) is 32.6 Å². The third kappa shape index (κ3) is 3.35. The highest BCUT2D eigenvalue weighted by atomic mass is 79.9. The van der Waals surface area contributed by atoms with Crippen LogP contribution < -0.4 is 0 Å². The number of aromatic nitrogens is 2. The Morgan fingerprint density at radius 2 is 2.17 bits per heavy atom. The van der Waals surface area contributed by atoms with Crippen molar-refractivity contribution in [1.82, 2.24) is 14.7 Å². The molecule has 1 aliphatic rings. The van der Waals surface area contributed by atoms with Gasteiger partial charge in [0.05, 0.1) is 5.69 Å². The lowest BCUT2D eigenvalue weighted by atomic mass is 9.94. The van der Waals surface area contributed by atoms with Crippen LogP contribution in [-0.2, 0) is 6.54 Å². The van der Waals surface area contributed by atoms with Gasteiger partial charge in [-0.05, 0) is 39.8 Å². The Kier molecular flexibility index (Phi) is 4.84. The van der Waals surface area contributed by atoms with Crippen molar-refractivity contribution < 1.29 is 0 Å². The van der Waals surface area contributed by atoms with Crippen LogP contribution >= 0.6 is 15.9 Å². The number of hydrogen-bond acceptors (Lipinski definition) is 2. The first kappa shape index (κ1) is 14.1. The molecule has 2 rings (SSSR count). The van der Waals surface area contributed by atoms with E-state index in [0.29, 0.717) is 16.9 Å². The molecule has 0 radical (unpaired) electrons. The molecular formula is C14H24BrN3. The van der Waals surface area contributed by atoms with E-state index in [4.69, 9.17) is 0 Å². The van der Waals surface area contributed by atoms with Crippen LogP contribution in [0.1, 0.15) is 51.3 Å². The Morgan fingerprint density at radius 1 is 1.44 bits per heavy atom. The zero-order chi connectivity index (χ0) is 13.1. The molecule has 1 aromatic heterocycles. The standard InChI is InChI=1S/C14H24BrN3/c1-11(2)18-9-8-12(16-18)10-17(3)14-7-5-4-6-13(14)15/h8-9,11,13-14H,4-7,10H2,1-3H3. The second kappa shape index (κ2) is 6.20. The van der Waals surface area contributed by atoms with Crippen molar-refractivity contribution in [1.29, 1.82) is 0 Å². The molecule has 3 nitrogen and oxygen atoms in total. The lowest BCUT2D eigenvalue weighted by Gasteiger charge is -2.34. The van der Waals surface area contributed by atoms with Crippen molar-refractivity contribution in [2.45, 2.75) is 63.0 Å². The first-order valence-electron chi connectivity index (χ1n) is 6.96. The summed E-state index contributed by atoms with van der Waals surface area (Å²) in [4.78, 5) is 3.09. The molecule has 102 valence electrons. The molecule has 1 saturated carbocycles. The third-order valence-corrected chi connectivity index (χ3v) is 4.89. The molecule has 1 aliphatic carbocycles. The predicted molar refractivity (Wildman–Crippen MR) is 79.1 cm³/mol. The van der Waals surface area contributed by atoms with Crippen molar-refractivity contribution in [3.05, 3.63) is 18.0 Å². The van der Waals surface area contributed by atoms with Crippen LogP contribution in [0.5, 0.6) is 0 Å². The average Bonchev–Trinajstić information content (AvgIpc) is 2.78. The molecule has 0 spiro atoms. The summed E-state index contributed by atoms with van der Waals surface area (Å²) in [5.41, 5.74) is 1.18. The summed E-state index contributed by atoms with van der Waals surface area (Å²) in [6, 6.07) is 3.24. The summed E-state index contributed by atoms with van der Waals surface area (Å²) in [6.07, 6.45) is 7.41. The first-order valence-corrected chi connectivity index (χ1v) is 7.88. The van der Waals surface area contributed by atoms with Crippen LogP contribution in [0.2, 0.25) is 0 Å². The highest BCUT2D eigenvalue weighted by Gasteiger charge is 2.26. The molecule has 0 bridgehead atoms. The molecule has 1 fully saturated rings. The number of alkyl halides is 1. The van der Waals surface area contributed by atoms with Crippen LogP contribution in [0.25, 0.3) is 0 Å². The third-order valence-electron chi connectivity index (χ3n) is 3.82. The van der Waals surface area contributed by atoms with Gasteiger partial charge < -0.3 is 0 Å². The number of hydrogen-bond donors (Lipinski definition) is 0. The van der Waals surface area contributed by atoms with E-state index in [2.05, 4.69) is 59.1 Å². The van der Waals surface area contributed by atoms with Crippen molar-refractivity contribution in [3.63, 3.8) is 0 Å². The zero-order valence-corrected chi connectivity index (χ0v) is 13.2. The Balaban J connectivity index is 1.95. The molecule has 18 heavy (non-hydrogen) atoms. The molecule has 0 aliphatic heterocycles. The zero-order valence-electron chi connectivity index (χ0n) is 11.6. The minimum Gasteiger partial charge on any atom is -0.296 e. The average molecular weight is 314 g/mol. The second-order valence-electron chi connectivity index (χ2n) is 5.66. The summed E-state index contributed by atoms with van der Waals surface area (Å²) < 4.78 is 2.04. The Bertz CT molecular complexity index is 375. The Hall–Kier alpha value is -0.350. The Morgan fingerprint density at radius 3 is 2.78 bits per heavy atom. The van der Waals surface area contributed by atoms with Gasteiger partial charge >= 0.3 is 0 Å². The number of nitrogens with zero attached hydrogens (tertiary/aromatic N) is 3. The van der Waals surface area contributed by atoms with Crippen molar-refractivity contribution in [2.24, 2.45) is 0 Å². The molecule has 4 heteroatoms. The summed E-state index contributed by atoms with van der Waals surface area (Å²) in [6.45, 7) is 5.28. The fourth-order valence-electron chi connectivity index (χ4n) is 2.68. The highest BCUT2D eigenvalue weighted by molar-refractivity contribution is 9.09. The number of rotatable bonds is 4. The van der Waals surface area contributed by atoms with Crippen molar-refractivity contribution in [2.75, 3.05) is 7.05 Å². The highest BCUT2D eigenvalue weighted by Crippen LogP contribution is 2.28. The van der Waals surface area contributed by atoms with Gasteiger partial charge in [-0.15, -0.1) is 0 Å². The summed E-state index contributed by atoms with van der Waals surface area (Å²) in [5.74, 6) is 0. The SMILES string of the molecule is CC(C)n1ccc(CN(C)C2CCCCC2Br)n1.